The fourth-order valence-electron chi connectivity index (χ4n) is 2.79. The van der Waals surface area contributed by atoms with Crippen molar-refractivity contribution in [3.05, 3.63) is 36.9 Å². The van der Waals surface area contributed by atoms with E-state index in [0.717, 1.165) is 30.9 Å². The molecule has 2 N–H and O–H groups in total. The van der Waals surface area contributed by atoms with Gasteiger partial charge in [-0.25, -0.2) is 9.67 Å². The summed E-state index contributed by atoms with van der Waals surface area (Å²) in [5.41, 5.74) is 0.766. The normalized spacial score (nSPS) is 15.6. The number of benzene rings is 1. The zero-order valence-corrected chi connectivity index (χ0v) is 16.1. The minimum Gasteiger partial charge on any atom is -0.492 e. The number of hydrogen-bond donors (Lipinski definition) is 2. The molecule has 144 valence electrons. The van der Waals surface area contributed by atoms with Crippen LogP contribution in [-0.2, 0) is 11.3 Å². The second kappa shape index (κ2) is 11.7. The molecule has 0 spiro atoms. The van der Waals surface area contributed by atoms with Crippen molar-refractivity contribution < 1.29 is 9.53 Å². The molecule has 2 heterocycles. The summed E-state index contributed by atoms with van der Waals surface area (Å²) in [6, 6.07) is 7.47. The number of anilines is 1. The van der Waals surface area contributed by atoms with Gasteiger partial charge >= 0.3 is 0 Å². The fourth-order valence-corrected chi connectivity index (χ4v) is 2.79. The van der Waals surface area contributed by atoms with Gasteiger partial charge in [-0.05, 0) is 44.0 Å². The molecule has 0 bridgehead atoms. The van der Waals surface area contributed by atoms with Crippen LogP contribution in [0.15, 0.2) is 36.9 Å². The standard InChI is InChI=1S/C17H23N5O2.2ClH/c23-17(5-4-14-6-7-18-11-14)21-15-2-1-3-16(10-15)24-9-8-22-13-19-12-20-22;;/h1-3,10,12-14,18H,4-9,11H2,(H,21,23);2*1H. The van der Waals surface area contributed by atoms with E-state index < -0.39 is 0 Å². The molecule has 2 aromatic rings. The van der Waals surface area contributed by atoms with Crippen molar-refractivity contribution in [2.75, 3.05) is 25.0 Å². The van der Waals surface area contributed by atoms with Gasteiger partial charge in [0.1, 0.15) is 25.0 Å². The minimum absolute atomic E-state index is 0. The molecule has 1 aromatic carbocycles. The Morgan fingerprint density at radius 2 is 2.27 bits per heavy atom. The molecule has 1 atom stereocenters. The predicted molar refractivity (Wildman–Crippen MR) is 105 cm³/mol. The number of rotatable bonds is 8. The van der Waals surface area contributed by atoms with Crippen molar-refractivity contribution in [2.24, 2.45) is 5.92 Å². The smallest absolute Gasteiger partial charge is 0.224 e. The molecule has 1 amide bonds. The zero-order chi connectivity index (χ0) is 16.6. The van der Waals surface area contributed by atoms with Gasteiger partial charge in [0.2, 0.25) is 5.91 Å². The Morgan fingerprint density at radius 1 is 1.38 bits per heavy atom. The van der Waals surface area contributed by atoms with Gasteiger partial charge in [-0.3, -0.25) is 4.79 Å². The van der Waals surface area contributed by atoms with Crippen LogP contribution in [0.3, 0.4) is 0 Å². The second-order valence-electron chi connectivity index (χ2n) is 5.98. The summed E-state index contributed by atoms with van der Waals surface area (Å²) >= 11 is 0. The first-order valence-corrected chi connectivity index (χ1v) is 8.35. The maximum absolute atomic E-state index is 12.1. The van der Waals surface area contributed by atoms with E-state index in [1.165, 1.54) is 12.7 Å². The second-order valence-corrected chi connectivity index (χ2v) is 5.98. The summed E-state index contributed by atoms with van der Waals surface area (Å²) in [6.45, 7) is 3.23. The van der Waals surface area contributed by atoms with E-state index in [2.05, 4.69) is 20.7 Å². The average Bonchev–Trinajstić information content (AvgIpc) is 3.27. The lowest BCUT2D eigenvalue weighted by Gasteiger charge is -2.10. The van der Waals surface area contributed by atoms with E-state index in [-0.39, 0.29) is 30.7 Å². The molecular formula is C17H25Cl2N5O2. The van der Waals surface area contributed by atoms with E-state index in [0.29, 0.717) is 25.5 Å². The highest BCUT2D eigenvalue weighted by Crippen LogP contribution is 2.19. The predicted octanol–water partition coefficient (Wildman–Crippen LogP) is 2.53. The van der Waals surface area contributed by atoms with Crippen LogP contribution in [0.5, 0.6) is 5.75 Å². The van der Waals surface area contributed by atoms with Crippen LogP contribution < -0.4 is 15.4 Å². The summed E-state index contributed by atoms with van der Waals surface area (Å²) < 4.78 is 7.41. The molecule has 1 unspecified atom stereocenters. The zero-order valence-electron chi connectivity index (χ0n) is 14.5. The van der Waals surface area contributed by atoms with Crippen LogP contribution in [-0.4, -0.2) is 40.4 Å². The topological polar surface area (TPSA) is 81.1 Å². The Bertz CT molecular complexity index is 648. The highest BCUT2D eigenvalue weighted by molar-refractivity contribution is 5.90. The number of nitrogens with one attached hydrogen (secondary N) is 2. The van der Waals surface area contributed by atoms with Crippen molar-refractivity contribution in [1.29, 1.82) is 0 Å². The van der Waals surface area contributed by atoms with Crippen LogP contribution in [0.1, 0.15) is 19.3 Å². The Kier molecular flexibility index (Phi) is 10.0. The molecule has 7 nitrogen and oxygen atoms in total. The van der Waals surface area contributed by atoms with E-state index in [9.17, 15) is 4.79 Å². The first kappa shape index (κ1) is 22.2. The largest absolute Gasteiger partial charge is 0.492 e. The third-order valence-electron chi connectivity index (χ3n) is 4.12. The fraction of sp³-hybridized carbons (Fsp3) is 0.471. The summed E-state index contributed by atoms with van der Waals surface area (Å²) in [4.78, 5) is 15.9. The molecular weight excluding hydrogens is 377 g/mol. The molecule has 0 saturated carbocycles. The van der Waals surface area contributed by atoms with Gasteiger partial charge in [-0.2, -0.15) is 5.10 Å². The molecule has 1 fully saturated rings. The van der Waals surface area contributed by atoms with Crippen LogP contribution >= 0.6 is 24.8 Å². The number of halogens is 2. The minimum atomic E-state index is 0. The van der Waals surface area contributed by atoms with E-state index >= 15 is 0 Å². The first-order valence-electron chi connectivity index (χ1n) is 8.35. The first-order chi connectivity index (χ1) is 11.8. The van der Waals surface area contributed by atoms with Gasteiger partial charge in [0, 0.05) is 18.2 Å². The van der Waals surface area contributed by atoms with Gasteiger partial charge in [0.05, 0.1) is 6.54 Å². The number of ether oxygens (including phenoxy) is 1. The van der Waals surface area contributed by atoms with Gasteiger partial charge in [0.15, 0.2) is 0 Å². The third kappa shape index (κ3) is 7.19. The monoisotopic (exact) mass is 401 g/mol. The maximum Gasteiger partial charge on any atom is 0.224 e. The van der Waals surface area contributed by atoms with E-state index in [4.69, 9.17) is 4.74 Å². The molecule has 1 aliphatic heterocycles. The van der Waals surface area contributed by atoms with Gasteiger partial charge in [-0.15, -0.1) is 24.8 Å². The van der Waals surface area contributed by atoms with E-state index in [1.54, 1.807) is 11.0 Å². The number of carbonyl (C=O) groups excluding carboxylic acids is 1. The Labute approximate surface area is 165 Å². The van der Waals surface area contributed by atoms with Crippen LogP contribution in [0.2, 0.25) is 0 Å². The van der Waals surface area contributed by atoms with Crippen LogP contribution in [0.25, 0.3) is 0 Å². The van der Waals surface area contributed by atoms with Crippen molar-refractivity contribution in [2.45, 2.75) is 25.8 Å². The Hall–Kier alpha value is -1.83. The number of nitrogens with zero attached hydrogens (tertiary/aromatic N) is 3. The van der Waals surface area contributed by atoms with Gasteiger partial charge in [-0.1, -0.05) is 6.07 Å². The molecule has 26 heavy (non-hydrogen) atoms. The lowest BCUT2D eigenvalue weighted by Crippen LogP contribution is -2.15. The lowest BCUT2D eigenvalue weighted by atomic mass is 10.0. The SMILES string of the molecule is Cl.Cl.O=C(CCC1CCNC1)Nc1cccc(OCCn2cncn2)c1. The summed E-state index contributed by atoms with van der Waals surface area (Å²) in [7, 11) is 0. The number of carbonyl (C=O) groups is 1. The molecule has 1 aliphatic rings. The van der Waals surface area contributed by atoms with Gasteiger partial charge in [0.25, 0.3) is 0 Å². The molecule has 1 aromatic heterocycles. The van der Waals surface area contributed by atoms with Crippen molar-refractivity contribution in [1.82, 2.24) is 20.1 Å². The Morgan fingerprint density at radius 3 is 3.00 bits per heavy atom. The molecule has 1 saturated heterocycles. The molecule has 9 heteroatoms. The van der Waals surface area contributed by atoms with E-state index in [1.807, 2.05) is 24.3 Å². The van der Waals surface area contributed by atoms with Crippen LogP contribution in [0, 0.1) is 5.92 Å². The highest BCUT2D eigenvalue weighted by Gasteiger charge is 2.15. The van der Waals surface area contributed by atoms with Crippen molar-refractivity contribution >= 4 is 36.4 Å². The number of hydrogen-bond acceptors (Lipinski definition) is 5. The quantitative estimate of drug-likeness (QED) is 0.709. The summed E-state index contributed by atoms with van der Waals surface area (Å²) in [5.74, 6) is 1.41. The maximum atomic E-state index is 12.1. The summed E-state index contributed by atoms with van der Waals surface area (Å²) in [5, 5.41) is 10.3. The van der Waals surface area contributed by atoms with Crippen LogP contribution in [0.4, 0.5) is 5.69 Å². The third-order valence-corrected chi connectivity index (χ3v) is 4.12. The molecule has 0 aliphatic carbocycles. The van der Waals surface area contributed by atoms with Crippen molar-refractivity contribution in [3.8, 4) is 5.75 Å². The highest BCUT2D eigenvalue weighted by atomic mass is 35.5. The molecule has 3 rings (SSSR count). The van der Waals surface area contributed by atoms with Gasteiger partial charge < -0.3 is 15.4 Å². The number of aromatic nitrogens is 3. The summed E-state index contributed by atoms with van der Waals surface area (Å²) in [6.07, 6.45) is 5.82. The Balaban J connectivity index is 0.00000169. The molecule has 0 radical (unpaired) electrons. The average molecular weight is 402 g/mol. The lowest BCUT2D eigenvalue weighted by molar-refractivity contribution is -0.116. The van der Waals surface area contributed by atoms with Crippen molar-refractivity contribution in [3.63, 3.8) is 0 Å². The number of amides is 1.